The van der Waals surface area contributed by atoms with Crippen LogP contribution in [0.1, 0.15) is 50.0 Å². The van der Waals surface area contributed by atoms with E-state index < -0.39 is 0 Å². The molecule has 1 aromatic heterocycles. The van der Waals surface area contributed by atoms with E-state index in [1.807, 2.05) is 6.92 Å². The minimum atomic E-state index is 0.146. The lowest BCUT2D eigenvalue weighted by Crippen LogP contribution is -2.16. The first kappa shape index (κ1) is 13.7. The molecule has 0 bridgehead atoms. The van der Waals surface area contributed by atoms with Crippen LogP contribution in [0.2, 0.25) is 0 Å². The molecule has 4 heteroatoms. The lowest BCUT2D eigenvalue weighted by molar-refractivity contribution is -0.120. The number of nitrogens with one attached hydrogen (secondary N) is 2. The Hall–Kier alpha value is -1.32. The Balaban J connectivity index is 1.93. The first-order valence-corrected chi connectivity index (χ1v) is 6.36. The SMILES string of the molecule is CNC(=O)CCCCCCCc1[c]nc(C)[nH]1. The normalized spacial score (nSPS) is 10.5. The number of aryl methyl sites for hydroxylation is 2. The van der Waals surface area contributed by atoms with E-state index in [4.69, 9.17) is 0 Å². The van der Waals surface area contributed by atoms with Gasteiger partial charge in [0.15, 0.2) is 0 Å². The molecule has 1 amide bonds. The first-order chi connectivity index (χ1) is 8.22. The molecule has 0 atom stereocenters. The Bertz CT molecular complexity index is 333. The van der Waals surface area contributed by atoms with E-state index in [0.717, 1.165) is 37.2 Å². The summed E-state index contributed by atoms with van der Waals surface area (Å²) in [5, 5.41) is 2.64. The Morgan fingerprint density at radius 2 is 2.00 bits per heavy atom. The summed E-state index contributed by atoms with van der Waals surface area (Å²) in [7, 11) is 1.69. The number of amides is 1. The van der Waals surface area contributed by atoms with Crippen LogP contribution in [-0.2, 0) is 11.2 Å². The molecule has 0 saturated carbocycles. The summed E-state index contributed by atoms with van der Waals surface area (Å²) < 4.78 is 0. The van der Waals surface area contributed by atoms with Gasteiger partial charge >= 0.3 is 0 Å². The van der Waals surface area contributed by atoms with Crippen LogP contribution in [0.25, 0.3) is 0 Å². The molecule has 0 saturated heterocycles. The minimum absolute atomic E-state index is 0.146. The van der Waals surface area contributed by atoms with E-state index in [2.05, 4.69) is 21.5 Å². The van der Waals surface area contributed by atoms with Crippen molar-refractivity contribution in [2.75, 3.05) is 7.05 Å². The fourth-order valence-electron chi connectivity index (χ4n) is 1.79. The highest BCUT2D eigenvalue weighted by Crippen LogP contribution is 2.08. The number of imidazole rings is 1. The van der Waals surface area contributed by atoms with Crippen molar-refractivity contribution in [2.45, 2.75) is 51.9 Å². The number of H-pyrrole nitrogens is 1. The molecule has 1 rings (SSSR count). The van der Waals surface area contributed by atoms with Gasteiger partial charge in [0.1, 0.15) is 12.0 Å². The van der Waals surface area contributed by atoms with Crippen LogP contribution in [0, 0.1) is 13.1 Å². The Kier molecular flexibility index (Phi) is 6.37. The summed E-state index contributed by atoms with van der Waals surface area (Å²) in [6.07, 6.45) is 10.4. The van der Waals surface area contributed by atoms with Gasteiger partial charge in [-0.15, -0.1) is 0 Å². The number of carbonyl (C=O) groups is 1. The lowest BCUT2D eigenvalue weighted by atomic mass is 10.1. The molecule has 2 N–H and O–H groups in total. The fraction of sp³-hybridized carbons (Fsp3) is 0.692. The van der Waals surface area contributed by atoms with Gasteiger partial charge in [-0.1, -0.05) is 19.3 Å². The van der Waals surface area contributed by atoms with Gasteiger partial charge in [-0.3, -0.25) is 4.79 Å². The van der Waals surface area contributed by atoms with Gasteiger partial charge in [0.2, 0.25) is 5.91 Å². The molecular weight excluding hydrogens is 214 g/mol. The van der Waals surface area contributed by atoms with Crippen molar-refractivity contribution in [1.82, 2.24) is 15.3 Å². The number of aromatic nitrogens is 2. The number of nitrogens with zero attached hydrogens (tertiary/aromatic N) is 1. The van der Waals surface area contributed by atoms with Crippen molar-refractivity contribution >= 4 is 5.91 Å². The van der Waals surface area contributed by atoms with Crippen LogP contribution < -0.4 is 5.32 Å². The van der Waals surface area contributed by atoms with E-state index in [0.29, 0.717) is 6.42 Å². The van der Waals surface area contributed by atoms with Gasteiger partial charge in [0.05, 0.1) is 0 Å². The number of unbranched alkanes of at least 4 members (excludes halogenated alkanes) is 4. The van der Waals surface area contributed by atoms with Crippen LogP contribution in [0.4, 0.5) is 0 Å². The van der Waals surface area contributed by atoms with Gasteiger partial charge in [-0.2, -0.15) is 0 Å². The molecule has 4 nitrogen and oxygen atoms in total. The smallest absolute Gasteiger partial charge is 0.219 e. The predicted octanol–water partition coefficient (Wildman–Crippen LogP) is 2.15. The maximum Gasteiger partial charge on any atom is 0.219 e. The minimum Gasteiger partial charge on any atom is -0.359 e. The fourth-order valence-corrected chi connectivity index (χ4v) is 1.79. The zero-order chi connectivity index (χ0) is 12.5. The van der Waals surface area contributed by atoms with Gasteiger partial charge in [-0.25, -0.2) is 4.98 Å². The van der Waals surface area contributed by atoms with Gasteiger partial charge in [-0.05, 0) is 26.2 Å². The Morgan fingerprint density at radius 1 is 1.29 bits per heavy atom. The number of carbonyl (C=O) groups excluding carboxylic acids is 1. The van der Waals surface area contributed by atoms with Crippen LogP contribution in [0.15, 0.2) is 0 Å². The largest absolute Gasteiger partial charge is 0.359 e. The van der Waals surface area contributed by atoms with Gasteiger partial charge in [0.25, 0.3) is 0 Å². The first-order valence-electron chi connectivity index (χ1n) is 6.36. The molecule has 0 aliphatic rings. The second kappa shape index (κ2) is 7.87. The zero-order valence-electron chi connectivity index (χ0n) is 10.8. The monoisotopic (exact) mass is 236 g/mol. The molecule has 1 heterocycles. The number of rotatable bonds is 8. The predicted molar refractivity (Wildman–Crippen MR) is 67.6 cm³/mol. The molecule has 1 radical (unpaired) electrons. The highest BCUT2D eigenvalue weighted by Gasteiger charge is 1.99. The summed E-state index contributed by atoms with van der Waals surface area (Å²) in [4.78, 5) is 18.2. The highest BCUT2D eigenvalue weighted by atomic mass is 16.1. The lowest BCUT2D eigenvalue weighted by Gasteiger charge is -2.01. The third-order valence-electron chi connectivity index (χ3n) is 2.80. The van der Waals surface area contributed by atoms with E-state index in [-0.39, 0.29) is 5.91 Å². The average Bonchev–Trinajstić information content (AvgIpc) is 2.73. The molecule has 0 spiro atoms. The van der Waals surface area contributed by atoms with Gasteiger partial charge in [0, 0.05) is 19.2 Å². The van der Waals surface area contributed by atoms with Crippen molar-refractivity contribution in [3.05, 3.63) is 17.7 Å². The Morgan fingerprint density at radius 3 is 2.65 bits per heavy atom. The Labute approximate surface area is 103 Å². The van der Waals surface area contributed by atoms with Crippen molar-refractivity contribution in [1.29, 1.82) is 0 Å². The number of hydrogen-bond donors (Lipinski definition) is 2. The molecule has 95 valence electrons. The van der Waals surface area contributed by atoms with Gasteiger partial charge < -0.3 is 10.3 Å². The van der Waals surface area contributed by atoms with Crippen molar-refractivity contribution in [2.24, 2.45) is 0 Å². The standard InChI is InChI=1S/C13H22N3O/c1-11-15-10-12(16-11)8-6-4-3-5-7-9-13(17)14-2/h3-9H2,1-2H3,(H,14,17)(H,15,16). The quantitative estimate of drug-likeness (QED) is 0.679. The molecule has 17 heavy (non-hydrogen) atoms. The topological polar surface area (TPSA) is 57.8 Å². The van der Waals surface area contributed by atoms with Crippen molar-refractivity contribution in [3.63, 3.8) is 0 Å². The molecule has 0 aliphatic carbocycles. The number of hydrogen-bond acceptors (Lipinski definition) is 2. The third-order valence-corrected chi connectivity index (χ3v) is 2.80. The summed E-state index contributed by atoms with van der Waals surface area (Å²) in [5.41, 5.74) is 1.10. The molecular formula is C13H22N3O. The maximum absolute atomic E-state index is 11.0. The summed E-state index contributed by atoms with van der Waals surface area (Å²) >= 11 is 0. The molecule has 0 fully saturated rings. The van der Waals surface area contributed by atoms with E-state index >= 15 is 0 Å². The second-order valence-electron chi connectivity index (χ2n) is 4.35. The maximum atomic E-state index is 11.0. The average molecular weight is 236 g/mol. The van der Waals surface area contributed by atoms with Crippen LogP contribution >= 0.6 is 0 Å². The van der Waals surface area contributed by atoms with E-state index in [9.17, 15) is 4.79 Å². The van der Waals surface area contributed by atoms with Crippen molar-refractivity contribution in [3.8, 4) is 0 Å². The summed E-state index contributed by atoms with van der Waals surface area (Å²) in [6.45, 7) is 1.94. The zero-order valence-corrected chi connectivity index (χ0v) is 10.8. The van der Waals surface area contributed by atoms with E-state index in [1.54, 1.807) is 7.05 Å². The molecule has 1 aromatic rings. The van der Waals surface area contributed by atoms with Crippen LogP contribution in [0.5, 0.6) is 0 Å². The molecule has 0 aromatic carbocycles. The highest BCUT2D eigenvalue weighted by molar-refractivity contribution is 5.75. The van der Waals surface area contributed by atoms with Crippen LogP contribution in [0.3, 0.4) is 0 Å². The second-order valence-corrected chi connectivity index (χ2v) is 4.35. The summed E-state index contributed by atoms with van der Waals surface area (Å²) in [5.74, 6) is 1.08. The molecule has 0 aliphatic heterocycles. The van der Waals surface area contributed by atoms with Crippen LogP contribution in [-0.4, -0.2) is 22.9 Å². The van der Waals surface area contributed by atoms with Crippen molar-refractivity contribution < 1.29 is 4.79 Å². The molecule has 0 unspecified atom stereocenters. The third kappa shape index (κ3) is 6.09. The summed E-state index contributed by atoms with van der Waals surface area (Å²) in [6, 6.07) is 0. The van der Waals surface area contributed by atoms with E-state index in [1.165, 1.54) is 12.8 Å². The number of aromatic amines is 1.